The lowest BCUT2D eigenvalue weighted by Crippen LogP contribution is -2.19. The van der Waals surface area contributed by atoms with Gasteiger partial charge in [0.1, 0.15) is 6.20 Å². The van der Waals surface area contributed by atoms with Gasteiger partial charge in [-0.3, -0.25) is 10.1 Å². The molecule has 0 spiro atoms. The van der Waals surface area contributed by atoms with Gasteiger partial charge in [-0.25, -0.2) is 4.98 Å². The molecule has 2 rings (SSSR count). The highest BCUT2D eigenvalue weighted by Gasteiger charge is 2.19. The van der Waals surface area contributed by atoms with Crippen LogP contribution >= 0.6 is 15.9 Å². The number of fused-ring (bicyclic) bond motifs is 1. The van der Waals surface area contributed by atoms with Crippen LogP contribution in [0.1, 0.15) is 12.5 Å². The Kier molecular flexibility index (Phi) is 3.58. The Labute approximate surface area is 112 Å². The summed E-state index contributed by atoms with van der Waals surface area (Å²) in [6.07, 6.45) is 1.75. The van der Waals surface area contributed by atoms with Crippen LogP contribution in [0.2, 0.25) is 0 Å². The van der Waals surface area contributed by atoms with Crippen molar-refractivity contribution in [1.29, 1.82) is 0 Å². The van der Waals surface area contributed by atoms with Crippen LogP contribution in [-0.2, 0) is 6.42 Å². The van der Waals surface area contributed by atoms with Crippen molar-refractivity contribution in [3.63, 3.8) is 0 Å². The number of benzene rings is 1. The van der Waals surface area contributed by atoms with Crippen LogP contribution in [0, 0.1) is 10.1 Å². The van der Waals surface area contributed by atoms with Gasteiger partial charge >= 0.3 is 0 Å². The predicted molar refractivity (Wildman–Crippen MR) is 73.5 cm³/mol. The number of halogens is 1. The molecule has 18 heavy (non-hydrogen) atoms. The third kappa shape index (κ3) is 2.49. The first-order chi connectivity index (χ1) is 8.49. The summed E-state index contributed by atoms with van der Waals surface area (Å²) in [5.74, 6) is 0. The molecule has 0 saturated heterocycles. The van der Waals surface area contributed by atoms with E-state index in [1.165, 1.54) is 6.20 Å². The van der Waals surface area contributed by atoms with E-state index in [4.69, 9.17) is 5.73 Å². The first kappa shape index (κ1) is 12.9. The molecule has 1 unspecified atom stereocenters. The second kappa shape index (κ2) is 4.99. The van der Waals surface area contributed by atoms with E-state index in [0.717, 1.165) is 15.4 Å². The van der Waals surface area contributed by atoms with E-state index in [0.29, 0.717) is 12.0 Å². The quantitative estimate of drug-likeness (QED) is 0.698. The molecule has 1 aromatic heterocycles. The van der Waals surface area contributed by atoms with Gasteiger partial charge in [0.25, 0.3) is 5.69 Å². The van der Waals surface area contributed by atoms with Crippen LogP contribution in [0.3, 0.4) is 0 Å². The number of nitro groups is 1. The molecular formula is C12H12BrN3O2. The van der Waals surface area contributed by atoms with Crippen LogP contribution in [0.4, 0.5) is 5.69 Å². The molecule has 2 N–H and O–H groups in total. The molecule has 2 aromatic rings. The molecule has 5 nitrogen and oxygen atoms in total. The van der Waals surface area contributed by atoms with Gasteiger partial charge in [-0.05, 0) is 31.5 Å². The zero-order valence-corrected chi connectivity index (χ0v) is 11.3. The maximum atomic E-state index is 11.0. The van der Waals surface area contributed by atoms with Crippen molar-refractivity contribution in [3.8, 4) is 0 Å². The molecular weight excluding hydrogens is 298 g/mol. The third-order valence-electron chi connectivity index (χ3n) is 2.64. The van der Waals surface area contributed by atoms with Crippen molar-refractivity contribution in [3.05, 3.63) is 44.5 Å². The molecule has 1 atom stereocenters. The first-order valence-electron chi connectivity index (χ1n) is 5.46. The Balaban J connectivity index is 2.74. The Bertz CT molecular complexity index is 614. The molecule has 94 valence electrons. The summed E-state index contributed by atoms with van der Waals surface area (Å²) in [5, 5.41) is 11.8. The number of nitrogens with two attached hydrogens (primary N) is 1. The molecule has 1 heterocycles. The Morgan fingerprint density at radius 3 is 2.89 bits per heavy atom. The van der Waals surface area contributed by atoms with Gasteiger partial charge in [0, 0.05) is 21.5 Å². The van der Waals surface area contributed by atoms with E-state index in [2.05, 4.69) is 20.9 Å². The smallest absolute Gasteiger partial charge is 0.291 e. The van der Waals surface area contributed by atoms with E-state index in [-0.39, 0.29) is 11.7 Å². The molecule has 0 bridgehead atoms. The summed E-state index contributed by atoms with van der Waals surface area (Å²) in [4.78, 5) is 14.7. The Morgan fingerprint density at radius 1 is 1.56 bits per heavy atom. The lowest BCUT2D eigenvalue weighted by molar-refractivity contribution is -0.385. The molecule has 0 amide bonds. The van der Waals surface area contributed by atoms with Gasteiger partial charge in [-0.15, -0.1) is 0 Å². The fourth-order valence-corrected chi connectivity index (χ4v) is 2.26. The topological polar surface area (TPSA) is 82.0 Å². The predicted octanol–water partition coefficient (Wildman–Crippen LogP) is 2.80. The summed E-state index contributed by atoms with van der Waals surface area (Å²) in [7, 11) is 0. The van der Waals surface area contributed by atoms with Gasteiger partial charge in [-0.1, -0.05) is 15.9 Å². The van der Waals surface area contributed by atoms with E-state index in [9.17, 15) is 10.1 Å². The van der Waals surface area contributed by atoms with Crippen molar-refractivity contribution in [1.82, 2.24) is 4.98 Å². The largest absolute Gasteiger partial charge is 0.328 e. The van der Waals surface area contributed by atoms with Gasteiger partial charge in [0.2, 0.25) is 0 Å². The molecule has 0 saturated carbocycles. The summed E-state index contributed by atoms with van der Waals surface area (Å²) in [5.41, 5.74) is 7.17. The fraction of sp³-hybridized carbons (Fsp3) is 0.250. The van der Waals surface area contributed by atoms with E-state index < -0.39 is 4.92 Å². The molecule has 6 heteroatoms. The van der Waals surface area contributed by atoms with E-state index in [1.807, 2.05) is 25.1 Å². The number of hydrogen-bond donors (Lipinski definition) is 1. The third-order valence-corrected chi connectivity index (χ3v) is 3.13. The van der Waals surface area contributed by atoms with Crippen molar-refractivity contribution < 1.29 is 4.92 Å². The van der Waals surface area contributed by atoms with Crippen LogP contribution in [0.5, 0.6) is 0 Å². The van der Waals surface area contributed by atoms with E-state index in [1.54, 1.807) is 0 Å². The maximum absolute atomic E-state index is 11.0. The molecule has 0 fully saturated rings. The number of hydrogen-bond acceptors (Lipinski definition) is 4. The van der Waals surface area contributed by atoms with Gasteiger partial charge in [0.15, 0.2) is 0 Å². The number of rotatable bonds is 3. The minimum absolute atomic E-state index is 0.0258. The van der Waals surface area contributed by atoms with Crippen LogP contribution < -0.4 is 5.73 Å². The van der Waals surface area contributed by atoms with Crippen LogP contribution in [0.15, 0.2) is 28.9 Å². The van der Waals surface area contributed by atoms with Crippen LogP contribution in [-0.4, -0.2) is 15.9 Å². The maximum Gasteiger partial charge on any atom is 0.291 e. The summed E-state index contributed by atoms with van der Waals surface area (Å²) in [6.45, 7) is 1.83. The summed E-state index contributed by atoms with van der Waals surface area (Å²) < 4.78 is 0.864. The van der Waals surface area contributed by atoms with Crippen molar-refractivity contribution >= 4 is 32.5 Å². The van der Waals surface area contributed by atoms with Crippen LogP contribution in [0.25, 0.3) is 10.9 Å². The SMILES string of the molecule is CC(N)Cc1c([N+](=O)[O-])cnc2ccc(Br)cc12. The van der Waals surface area contributed by atoms with Crippen molar-refractivity contribution in [2.24, 2.45) is 5.73 Å². The molecule has 0 aliphatic rings. The van der Waals surface area contributed by atoms with Gasteiger partial charge < -0.3 is 5.73 Å². The lowest BCUT2D eigenvalue weighted by Gasteiger charge is -2.09. The zero-order valence-electron chi connectivity index (χ0n) is 9.76. The Hall–Kier alpha value is -1.53. The lowest BCUT2D eigenvalue weighted by atomic mass is 10.0. The molecule has 0 radical (unpaired) electrons. The average molecular weight is 310 g/mol. The highest BCUT2D eigenvalue weighted by atomic mass is 79.9. The number of aromatic nitrogens is 1. The highest BCUT2D eigenvalue weighted by Crippen LogP contribution is 2.29. The minimum Gasteiger partial charge on any atom is -0.328 e. The molecule has 0 aliphatic heterocycles. The van der Waals surface area contributed by atoms with Crippen molar-refractivity contribution in [2.45, 2.75) is 19.4 Å². The first-order valence-corrected chi connectivity index (χ1v) is 6.25. The standard InChI is InChI=1S/C12H12BrN3O2/c1-7(14)4-10-9-5-8(13)2-3-11(9)15-6-12(10)16(17)18/h2-3,5-7H,4,14H2,1H3. The average Bonchev–Trinajstić information content (AvgIpc) is 2.28. The fourth-order valence-electron chi connectivity index (χ4n) is 1.90. The van der Waals surface area contributed by atoms with E-state index >= 15 is 0 Å². The number of nitrogens with zero attached hydrogens (tertiary/aromatic N) is 2. The monoisotopic (exact) mass is 309 g/mol. The molecule has 0 aliphatic carbocycles. The zero-order chi connectivity index (χ0) is 13.3. The summed E-state index contributed by atoms with van der Waals surface area (Å²) in [6, 6.07) is 5.38. The van der Waals surface area contributed by atoms with Crippen molar-refractivity contribution in [2.75, 3.05) is 0 Å². The minimum atomic E-state index is -0.412. The van der Waals surface area contributed by atoms with Gasteiger partial charge in [0.05, 0.1) is 10.4 Å². The summed E-state index contributed by atoms with van der Waals surface area (Å²) >= 11 is 3.37. The second-order valence-electron chi connectivity index (χ2n) is 4.22. The Morgan fingerprint density at radius 2 is 2.28 bits per heavy atom. The highest BCUT2D eigenvalue weighted by molar-refractivity contribution is 9.10. The van der Waals surface area contributed by atoms with Gasteiger partial charge in [-0.2, -0.15) is 0 Å². The number of pyridine rings is 1. The molecule has 1 aromatic carbocycles. The second-order valence-corrected chi connectivity index (χ2v) is 5.14. The normalized spacial score (nSPS) is 12.6.